The van der Waals surface area contributed by atoms with Crippen LogP contribution < -0.4 is 10.6 Å². The van der Waals surface area contributed by atoms with E-state index in [9.17, 15) is 0 Å². The molecule has 1 aliphatic rings. The third kappa shape index (κ3) is 10.5. The minimum Gasteiger partial charge on any atom is -0.394 e. The molecule has 0 aromatic heterocycles. The van der Waals surface area contributed by atoms with E-state index in [-0.39, 0.29) is 12.7 Å². The Kier molecular flexibility index (Phi) is 12.2. The SMILES string of the molecule is OCC1COCCNCCOCCOCCNCCO1. The average Bonchev–Trinajstić information content (AvgIpc) is 2.47. The quantitative estimate of drug-likeness (QED) is 0.549. The summed E-state index contributed by atoms with van der Waals surface area (Å²) in [6.45, 7) is 7.19. The van der Waals surface area contributed by atoms with Crippen molar-refractivity contribution in [3.8, 4) is 0 Å². The lowest BCUT2D eigenvalue weighted by Gasteiger charge is -2.16. The van der Waals surface area contributed by atoms with E-state index in [2.05, 4.69) is 10.6 Å². The highest BCUT2D eigenvalue weighted by Crippen LogP contribution is 1.92. The van der Waals surface area contributed by atoms with Crippen LogP contribution in [0.25, 0.3) is 0 Å². The van der Waals surface area contributed by atoms with E-state index in [1.807, 2.05) is 0 Å². The van der Waals surface area contributed by atoms with E-state index >= 15 is 0 Å². The molecule has 20 heavy (non-hydrogen) atoms. The lowest BCUT2D eigenvalue weighted by Crippen LogP contribution is -2.31. The first-order chi connectivity index (χ1) is 9.93. The lowest BCUT2D eigenvalue weighted by atomic mass is 10.4. The first kappa shape index (κ1) is 17.8. The molecule has 1 fully saturated rings. The summed E-state index contributed by atoms with van der Waals surface area (Å²) in [6.07, 6.45) is -0.254. The third-order valence-corrected chi connectivity index (χ3v) is 2.78. The number of ether oxygens (including phenoxy) is 4. The van der Waals surface area contributed by atoms with E-state index in [1.54, 1.807) is 0 Å². The summed E-state index contributed by atoms with van der Waals surface area (Å²) in [6, 6.07) is 0. The predicted octanol–water partition coefficient (Wildman–Crippen LogP) is -1.39. The summed E-state index contributed by atoms with van der Waals surface area (Å²) in [4.78, 5) is 0. The molecule has 0 aliphatic carbocycles. The molecule has 7 nitrogen and oxygen atoms in total. The molecule has 1 atom stereocenters. The summed E-state index contributed by atoms with van der Waals surface area (Å²) in [5.74, 6) is 0. The van der Waals surface area contributed by atoms with Gasteiger partial charge in [0.1, 0.15) is 6.10 Å². The summed E-state index contributed by atoms with van der Waals surface area (Å²) >= 11 is 0. The third-order valence-electron chi connectivity index (χ3n) is 2.78. The van der Waals surface area contributed by atoms with Crippen molar-refractivity contribution < 1.29 is 24.1 Å². The first-order valence-electron chi connectivity index (χ1n) is 7.30. The first-order valence-corrected chi connectivity index (χ1v) is 7.30. The molecule has 120 valence electrons. The Hall–Kier alpha value is -0.280. The molecule has 0 saturated carbocycles. The number of aliphatic hydroxyl groups excluding tert-OH is 1. The zero-order chi connectivity index (χ0) is 14.3. The van der Waals surface area contributed by atoms with Crippen LogP contribution in [0.1, 0.15) is 0 Å². The molecular weight excluding hydrogens is 264 g/mol. The van der Waals surface area contributed by atoms with Crippen LogP contribution in [-0.2, 0) is 18.9 Å². The molecule has 0 amide bonds. The van der Waals surface area contributed by atoms with Gasteiger partial charge in [-0.15, -0.1) is 0 Å². The second-order valence-corrected chi connectivity index (χ2v) is 4.48. The molecule has 1 rings (SSSR count). The van der Waals surface area contributed by atoms with Gasteiger partial charge in [-0.3, -0.25) is 0 Å². The highest BCUT2D eigenvalue weighted by atomic mass is 16.5. The van der Waals surface area contributed by atoms with Gasteiger partial charge in [0, 0.05) is 26.2 Å². The minimum atomic E-state index is -0.254. The smallest absolute Gasteiger partial charge is 0.104 e. The van der Waals surface area contributed by atoms with Crippen molar-refractivity contribution in [2.75, 3.05) is 79.0 Å². The Bertz CT molecular complexity index is 191. The zero-order valence-electron chi connectivity index (χ0n) is 12.1. The number of rotatable bonds is 1. The van der Waals surface area contributed by atoms with Crippen molar-refractivity contribution >= 4 is 0 Å². The van der Waals surface area contributed by atoms with Crippen LogP contribution in [0, 0.1) is 0 Å². The topological polar surface area (TPSA) is 81.2 Å². The molecule has 0 bridgehead atoms. The molecule has 0 aromatic carbocycles. The van der Waals surface area contributed by atoms with E-state index < -0.39 is 0 Å². The summed E-state index contributed by atoms with van der Waals surface area (Å²) in [7, 11) is 0. The Morgan fingerprint density at radius 1 is 0.750 bits per heavy atom. The molecule has 1 aliphatic heterocycles. The molecule has 0 spiro atoms. The normalized spacial score (nSPS) is 26.6. The predicted molar refractivity (Wildman–Crippen MR) is 75.0 cm³/mol. The Morgan fingerprint density at radius 3 is 1.90 bits per heavy atom. The van der Waals surface area contributed by atoms with Gasteiger partial charge in [0.05, 0.1) is 52.9 Å². The fourth-order valence-corrected chi connectivity index (χ4v) is 1.67. The average molecular weight is 292 g/mol. The van der Waals surface area contributed by atoms with Gasteiger partial charge in [-0.05, 0) is 0 Å². The Balaban J connectivity index is 2.14. The van der Waals surface area contributed by atoms with Crippen molar-refractivity contribution in [1.29, 1.82) is 0 Å². The maximum absolute atomic E-state index is 9.17. The van der Waals surface area contributed by atoms with Crippen LogP contribution in [0.4, 0.5) is 0 Å². The second-order valence-electron chi connectivity index (χ2n) is 4.48. The van der Waals surface area contributed by atoms with E-state index in [4.69, 9.17) is 24.1 Å². The fourth-order valence-electron chi connectivity index (χ4n) is 1.67. The van der Waals surface area contributed by atoms with Gasteiger partial charge < -0.3 is 34.7 Å². The molecular formula is C13H28N2O5. The van der Waals surface area contributed by atoms with Crippen LogP contribution in [0.15, 0.2) is 0 Å². The number of hydrogen-bond acceptors (Lipinski definition) is 7. The van der Waals surface area contributed by atoms with Crippen LogP contribution in [0.5, 0.6) is 0 Å². The van der Waals surface area contributed by atoms with Gasteiger partial charge in [-0.2, -0.15) is 0 Å². The molecule has 0 aromatic rings. The Labute approximate surface area is 120 Å². The fraction of sp³-hybridized carbons (Fsp3) is 1.00. The largest absolute Gasteiger partial charge is 0.394 e. The lowest BCUT2D eigenvalue weighted by molar-refractivity contribution is -0.0409. The summed E-state index contributed by atoms with van der Waals surface area (Å²) in [5.41, 5.74) is 0. The molecule has 1 unspecified atom stereocenters. The van der Waals surface area contributed by atoms with Crippen LogP contribution in [0.2, 0.25) is 0 Å². The van der Waals surface area contributed by atoms with Crippen molar-refractivity contribution in [2.45, 2.75) is 6.10 Å². The summed E-state index contributed by atoms with van der Waals surface area (Å²) < 4.78 is 21.8. The minimum absolute atomic E-state index is 0.0234. The van der Waals surface area contributed by atoms with E-state index in [1.165, 1.54) is 0 Å². The van der Waals surface area contributed by atoms with E-state index in [0.717, 1.165) is 26.2 Å². The van der Waals surface area contributed by atoms with Crippen molar-refractivity contribution in [3.63, 3.8) is 0 Å². The van der Waals surface area contributed by atoms with Gasteiger partial charge in [0.2, 0.25) is 0 Å². The van der Waals surface area contributed by atoms with Crippen LogP contribution in [-0.4, -0.2) is 90.2 Å². The molecule has 7 heteroatoms. The molecule has 1 heterocycles. The maximum Gasteiger partial charge on any atom is 0.104 e. The van der Waals surface area contributed by atoms with Crippen LogP contribution in [0.3, 0.4) is 0 Å². The zero-order valence-corrected chi connectivity index (χ0v) is 12.1. The van der Waals surface area contributed by atoms with Gasteiger partial charge in [-0.25, -0.2) is 0 Å². The van der Waals surface area contributed by atoms with Crippen molar-refractivity contribution in [1.82, 2.24) is 10.6 Å². The Morgan fingerprint density at radius 2 is 1.30 bits per heavy atom. The van der Waals surface area contributed by atoms with Crippen molar-refractivity contribution in [2.24, 2.45) is 0 Å². The second kappa shape index (κ2) is 13.7. The van der Waals surface area contributed by atoms with Crippen LogP contribution >= 0.6 is 0 Å². The molecule has 3 N–H and O–H groups in total. The number of nitrogens with one attached hydrogen (secondary N) is 2. The number of hydrogen-bond donors (Lipinski definition) is 3. The number of aliphatic hydroxyl groups is 1. The van der Waals surface area contributed by atoms with E-state index in [0.29, 0.717) is 46.2 Å². The van der Waals surface area contributed by atoms with Gasteiger partial charge in [0.25, 0.3) is 0 Å². The van der Waals surface area contributed by atoms with Crippen molar-refractivity contribution in [3.05, 3.63) is 0 Å². The summed E-state index contributed by atoms with van der Waals surface area (Å²) in [5, 5.41) is 15.6. The van der Waals surface area contributed by atoms with Gasteiger partial charge >= 0.3 is 0 Å². The van der Waals surface area contributed by atoms with Gasteiger partial charge in [-0.1, -0.05) is 0 Å². The highest BCUT2D eigenvalue weighted by molar-refractivity contribution is 4.56. The molecule has 1 saturated heterocycles. The monoisotopic (exact) mass is 292 g/mol. The molecule has 0 radical (unpaired) electrons. The standard InChI is InChI=1S/C13H28N2O5/c16-11-13-12-19-7-3-14-1-5-17-9-10-18-6-2-15-4-8-20-13/h13-16H,1-12H2. The highest BCUT2D eigenvalue weighted by Gasteiger charge is 2.07. The maximum atomic E-state index is 9.17. The van der Waals surface area contributed by atoms with Gasteiger partial charge in [0.15, 0.2) is 0 Å².